The molecular weight excluding hydrogens is 1140 g/mol. The van der Waals surface area contributed by atoms with Crippen LogP contribution in [-0.2, 0) is 33.2 Å². The van der Waals surface area contributed by atoms with Crippen molar-refractivity contribution in [1.29, 1.82) is 0 Å². The quantitative estimate of drug-likeness (QED) is 0.0200. The fourth-order valence-electron chi connectivity index (χ4n) is 11.1. The molecule has 0 aromatic carbocycles. The van der Waals surface area contributed by atoms with E-state index in [1.54, 1.807) is 6.08 Å². The summed E-state index contributed by atoms with van der Waals surface area (Å²) in [5.41, 5.74) is 0. The lowest BCUT2D eigenvalue weighted by Gasteiger charge is -2.48. The lowest BCUT2D eigenvalue weighted by molar-refractivity contribution is -0.379. The number of unbranched alkanes of at least 4 members (excludes halogenated alkanes) is 23. The van der Waals surface area contributed by atoms with Crippen LogP contribution in [0.15, 0.2) is 85.1 Å². The van der Waals surface area contributed by atoms with Crippen LogP contribution in [-0.4, -0.2) is 193 Å². The van der Waals surface area contributed by atoms with Crippen LogP contribution in [0.5, 0.6) is 0 Å². The standard InChI is InChI=1S/C70H121NO18/c1-3-5-7-9-11-13-15-17-18-19-20-21-22-23-24-25-26-27-28-29-30-31-32-33-34-36-38-40-42-44-46-48-58(76)71-53(54(75)47-45-43-41-39-37-35-16-14-12-10-8-6-4-2)52-84-68-64(82)61(79)66(56(50-73)86-68)89-70-65(83)62(80)67(57(51-74)87-70)88-69-63(81)60(78)59(77)55(49-72)85-69/h5,7,11,13,17-18,20-21,23-24,26-27,45,47,53-57,59-70,72-75,77-83H,3-4,6,8-10,12,14-16,19,22,25,28-44,46,48-52H2,1-2H3,(H,71,76)/b7-5-,13-11-,18-17-,21-20-,24-23-,27-26-,47-45+. The third-order valence-electron chi connectivity index (χ3n) is 16.7. The minimum Gasteiger partial charge on any atom is -0.394 e. The molecule has 17 atom stereocenters. The second-order valence-corrected chi connectivity index (χ2v) is 24.3. The summed E-state index contributed by atoms with van der Waals surface area (Å²) in [5.74, 6) is -0.282. The van der Waals surface area contributed by atoms with Crippen LogP contribution < -0.4 is 5.32 Å². The summed E-state index contributed by atoms with van der Waals surface area (Å²) in [4.78, 5) is 13.4. The number of carbonyl (C=O) groups excluding carboxylic acids is 1. The Morgan fingerprint density at radius 2 is 0.775 bits per heavy atom. The first-order valence-electron chi connectivity index (χ1n) is 34.3. The van der Waals surface area contributed by atoms with Gasteiger partial charge in [0, 0.05) is 6.42 Å². The molecule has 3 fully saturated rings. The number of hydrogen-bond donors (Lipinski definition) is 12. The molecule has 3 rings (SSSR count). The fraction of sp³-hybridized carbons (Fsp3) is 0.786. The minimum absolute atomic E-state index is 0.236. The van der Waals surface area contributed by atoms with Gasteiger partial charge in [-0.2, -0.15) is 0 Å². The lowest BCUT2D eigenvalue weighted by Crippen LogP contribution is -2.66. The number of rotatable bonds is 51. The van der Waals surface area contributed by atoms with Crippen molar-refractivity contribution in [2.75, 3.05) is 26.4 Å². The largest absolute Gasteiger partial charge is 0.394 e. The van der Waals surface area contributed by atoms with Gasteiger partial charge < -0.3 is 89.9 Å². The number of hydrogen-bond acceptors (Lipinski definition) is 18. The van der Waals surface area contributed by atoms with E-state index < -0.39 is 124 Å². The molecule has 0 spiro atoms. The van der Waals surface area contributed by atoms with Crippen LogP contribution in [0.1, 0.15) is 219 Å². The number of allylic oxidation sites excluding steroid dienone is 13. The molecule has 0 aliphatic carbocycles. The van der Waals surface area contributed by atoms with Gasteiger partial charge in [-0.1, -0.05) is 227 Å². The molecule has 3 heterocycles. The average Bonchev–Trinajstić information content (AvgIpc) is 1.92. The first-order valence-corrected chi connectivity index (χ1v) is 34.3. The van der Waals surface area contributed by atoms with Crippen LogP contribution in [0.3, 0.4) is 0 Å². The number of aliphatic hydroxyl groups is 11. The number of amides is 1. The van der Waals surface area contributed by atoms with E-state index in [0.29, 0.717) is 6.42 Å². The molecule has 89 heavy (non-hydrogen) atoms. The Balaban J connectivity index is 1.39. The molecule has 0 radical (unpaired) electrons. The van der Waals surface area contributed by atoms with E-state index in [4.69, 9.17) is 28.4 Å². The van der Waals surface area contributed by atoms with Crippen LogP contribution >= 0.6 is 0 Å². The van der Waals surface area contributed by atoms with E-state index in [1.807, 2.05) is 6.08 Å². The van der Waals surface area contributed by atoms with Gasteiger partial charge in [-0.3, -0.25) is 4.79 Å². The van der Waals surface area contributed by atoms with Crippen molar-refractivity contribution in [2.45, 2.75) is 324 Å². The van der Waals surface area contributed by atoms with Crippen molar-refractivity contribution in [3.63, 3.8) is 0 Å². The van der Waals surface area contributed by atoms with Gasteiger partial charge in [0.25, 0.3) is 0 Å². The van der Waals surface area contributed by atoms with Gasteiger partial charge in [-0.15, -0.1) is 0 Å². The third kappa shape index (κ3) is 33.6. The van der Waals surface area contributed by atoms with Gasteiger partial charge in [0.05, 0.1) is 38.6 Å². The van der Waals surface area contributed by atoms with E-state index in [9.17, 15) is 61.0 Å². The second kappa shape index (κ2) is 51.4. The molecule has 12 N–H and O–H groups in total. The smallest absolute Gasteiger partial charge is 0.220 e. The number of ether oxygens (including phenoxy) is 6. The number of carbonyl (C=O) groups is 1. The van der Waals surface area contributed by atoms with E-state index >= 15 is 0 Å². The summed E-state index contributed by atoms with van der Waals surface area (Å²) in [7, 11) is 0. The van der Waals surface area contributed by atoms with Crippen molar-refractivity contribution in [3.8, 4) is 0 Å². The molecule has 3 saturated heterocycles. The molecule has 19 heteroatoms. The molecule has 514 valence electrons. The second-order valence-electron chi connectivity index (χ2n) is 24.3. The van der Waals surface area contributed by atoms with Gasteiger partial charge in [0.1, 0.15) is 73.2 Å². The Labute approximate surface area is 533 Å². The molecular formula is C70H121NO18. The highest BCUT2D eigenvalue weighted by Gasteiger charge is 2.53. The first-order chi connectivity index (χ1) is 43.3. The van der Waals surface area contributed by atoms with Crippen molar-refractivity contribution in [3.05, 3.63) is 85.1 Å². The van der Waals surface area contributed by atoms with E-state index in [-0.39, 0.29) is 18.9 Å². The molecule has 0 saturated carbocycles. The highest BCUT2D eigenvalue weighted by molar-refractivity contribution is 5.76. The van der Waals surface area contributed by atoms with Crippen LogP contribution in [0.25, 0.3) is 0 Å². The van der Waals surface area contributed by atoms with E-state index in [2.05, 4.69) is 92.1 Å². The molecule has 1 amide bonds. The summed E-state index contributed by atoms with van der Waals surface area (Å²) < 4.78 is 34.3. The Bertz CT molecular complexity index is 1940. The van der Waals surface area contributed by atoms with Gasteiger partial charge >= 0.3 is 0 Å². The molecule has 3 aliphatic heterocycles. The predicted molar refractivity (Wildman–Crippen MR) is 346 cm³/mol. The van der Waals surface area contributed by atoms with Crippen molar-refractivity contribution < 1.29 is 89.4 Å². The summed E-state index contributed by atoms with van der Waals surface area (Å²) in [6.45, 7) is 1.60. The summed E-state index contributed by atoms with van der Waals surface area (Å²) in [6.07, 6.45) is 38.5. The van der Waals surface area contributed by atoms with Crippen molar-refractivity contribution >= 4 is 5.91 Å². The normalized spacial score (nSPS) is 28.8. The zero-order valence-corrected chi connectivity index (χ0v) is 54.1. The molecule has 0 aromatic rings. The topological polar surface area (TPSA) is 307 Å². The van der Waals surface area contributed by atoms with Crippen molar-refractivity contribution in [2.24, 2.45) is 0 Å². The zero-order valence-electron chi connectivity index (χ0n) is 54.1. The first kappa shape index (κ1) is 80.2. The molecule has 17 unspecified atom stereocenters. The summed E-state index contributed by atoms with van der Waals surface area (Å²) in [5, 5.41) is 120. The Hall–Kier alpha value is -3.03. The summed E-state index contributed by atoms with van der Waals surface area (Å²) in [6, 6.07) is -0.978. The fourth-order valence-corrected chi connectivity index (χ4v) is 11.1. The lowest BCUT2D eigenvalue weighted by atomic mass is 9.96. The summed E-state index contributed by atoms with van der Waals surface area (Å²) >= 11 is 0. The third-order valence-corrected chi connectivity index (χ3v) is 16.7. The average molecular weight is 1260 g/mol. The number of nitrogens with one attached hydrogen (secondary N) is 1. The molecule has 0 aromatic heterocycles. The van der Waals surface area contributed by atoms with E-state index in [1.165, 1.54) is 96.3 Å². The zero-order chi connectivity index (χ0) is 64.7. The molecule has 0 bridgehead atoms. The maximum atomic E-state index is 13.4. The van der Waals surface area contributed by atoms with E-state index in [0.717, 1.165) is 96.3 Å². The van der Waals surface area contributed by atoms with Gasteiger partial charge in [-0.05, 0) is 70.6 Å². The van der Waals surface area contributed by atoms with Crippen LogP contribution in [0.2, 0.25) is 0 Å². The predicted octanol–water partition coefficient (Wildman–Crippen LogP) is 8.71. The van der Waals surface area contributed by atoms with Crippen LogP contribution in [0, 0.1) is 0 Å². The highest BCUT2D eigenvalue weighted by Crippen LogP contribution is 2.33. The Kier molecular flexibility index (Phi) is 46.3. The number of aliphatic hydroxyl groups excluding tert-OH is 11. The SMILES string of the molecule is CC/C=C\C/C=C\C/C=C\C/C=C\C/C=C\C/C=C\CCCCCCCCCCCCCCC(=O)NC(COC1OC(CO)C(OC2OC(CO)C(OC3OC(CO)C(O)C(O)C3O)C(O)C2O)C(O)C1O)C(O)/C=C/CCCCCCCCCCCCC. The van der Waals surface area contributed by atoms with Gasteiger partial charge in [0.15, 0.2) is 18.9 Å². The highest BCUT2D eigenvalue weighted by atomic mass is 16.8. The Morgan fingerprint density at radius 3 is 1.21 bits per heavy atom. The van der Waals surface area contributed by atoms with Gasteiger partial charge in [0.2, 0.25) is 5.91 Å². The van der Waals surface area contributed by atoms with Gasteiger partial charge in [-0.25, -0.2) is 0 Å². The minimum atomic E-state index is -1.98. The van der Waals surface area contributed by atoms with Crippen LogP contribution in [0.4, 0.5) is 0 Å². The monoisotopic (exact) mass is 1260 g/mol. The Morgan fingerprint density at radius 1 is 0.416 bits per heavy atom. The maximum absolute atomic E-state index is 13.4. The molecule has 3 aliphatic rings. The maximum Gasteiger partial charge on any atom is 0.220 e. The molecule has 19 nitrogen and oxygen atoms in total. The van der Waals surface area contributed by atoms with Crippen molar-refractivity contribution in [1.82, 2.24) is 5.32 Å².